The summed E-state index contributed by atoms with van der Waals surface area (Å²) in [6.07, 6.45) is 2.80. The van der Waals surface area contributed by atoms with Crippen molar-refractivity contribution in [1.29, 1.82) is 0 Å². The van der Waals surface area contributed by atoms with E-state index >= 15 is 0 Å². The van der Waals surface area contributed by atoms with Crippen molar-refractivity contribution in [2.45, 2.75) is 45.1 Å². The molecular formula is C24H31ClN4O4. The topological polar surface area (TPSA) is 76.9 Å². The molecule has 0 radical (unpaired) electrons. The van der Waals surface area contributed by atoms with Crippen LogP contribution >= 0.6 is 11.6 Å². The zero-order valence-electron chi connectivity index (χ0n) is 19.4. The van der Waals surface area contributed by atoms with Gasteiger partial charge < -0.3 is 19.3 Å². The number of aromatic nitrogens is 2. The number of amides is 2. The lowest BCUT2D eigenvalue weighted by atomic mass is 9.90. The Balaban J connectivity index is 1.61. The SMILES string of the molecule is CC(C)(C)OC(=O)N1CCC(c2c(C(=O)N3CCOCC3)cnn2-c2cccc(Cl)c2)CC1. The predicted molar refractivity (Wildman–Crippen MR) is 125 cm³/mol. The van der Waals surface area contributed by atoms with Gasteiger partial charge in [0, 0.05) is 37.1 Å². The highest BCUT2D eigenvalue weighted by Gasteiger charge is 2.33. The number of carbonyl (C=O) groups is 2. The molecule has 9 heteroatoms. The fourth-order valence-electron chi connectivity index (χ4n) is 4.33. The van der Waals surface area contributed by atoms with Crippen molar-refractivity contribution in [2.75, 3.05) is 39.4 Å². The molecular weight excluding hydrogens is 444 g/mol. The molecule has 3 heterocycles. The summed E-state index contributed by atoms with van der Waals surface area (Å²) in [7, 11) is 0. The largest absolute Gasteiger partial charge is 0.444 e. The number of piperidine rings is 1. The van der Waals surface area contributed by atoms with E-state index in [0.717, 1.165) is 24.2 Å². The maximum atomic E-state index is 13.4. The highest BCUT2D eigenvalue weighted by Crippen LogP contribution is 2.33. The van der Waals surface area contributed by atoms with Crippen molar-refractivity contribution >= 4 is 23.6 Å². The molecule has 0 aliphatic carbocycles. The van der Waals surface area contributed by atoms with Crippen LogP contribution < -0.4 is 0 Å². The summed E-state index contributed by atoms with van der Waals surface area (Å²) in [5.41, 5.74) is 1.76. The number of morpholine rings is 1. The fourth-order valence-corrected chi connectivity index (χ4v) is 4.51. The Kier molecular flexibility index (Phi) is 6.95. The third-order valence-corrected chi connectivity index (χ3v) is 6.16. The third-order valence-electron chi connectivity index (χ3n) is 5.92. The van der Waals surface area contributed by atoms with Crippen molar-refractivity contribution < 1.29 is 19.1 Å². The molecule has 0 unspecified atom stereocenters. The van der Waals surface area contributed by atoms with E-state index < -0.39 is 5.60 Å². The van der Waals surface area contributed by atoms with Gasteiger partial charge in [0.1, 0.15) is 5.60 Å². The predicted octanol–water partition coefficient (Wildman–Crippen LogP) is 4.11. The van der Waals surface area contributed by atoms with Crippen molar-refractivity contribution in [2.24, 2.45) is 0 Å². The number of nitrogens with zero attached hydrogens (tertiary/aromatic N) is 4. The van der Waals surface area contributed by atoms with Crippen LogP contribution in [0.4, 0.5) is 4.79 Å². The maximum Gasteiger partial charge on any atom is 0.410 e. The molecule has 178 valence electrons. The van der Waals surface area contributed by atoms with E-state index in [1.54, 1.807) is 11.1 Å². The van der Waals surface area contributed by atoms with Crippen molar-refractivity contribution in [3.05, 3.63) is 46.7 Å². The van der Waals surface area contributed by atoms with Crippen LogP contribution in [0.15, 0.2) is 30.5 Å². The zero-order valence-corrected chi connectivity index (χ0v) is 20.2. The van der Waals surface area contributed by atoms with Crippen LogP contribution in [0, 0.1) is 0 Å². The van der Waals surface area contributed by atoms with Crippen LogP contribution in [0.3, 0.4) is 0 Å². The smallest absolute Gasteiger partial charge is 0.410 e. The monoisotopic (exact) mass is 474 g/mol. The normalized spacial score (nSPS) is 17.8. The highest BCUT2D eigenvalue weighted by molar-refractivity contribution is 6.30. The van der Waals surface area contributed by atoms with Crippen molar-refractivity contribution in [3.63, 3.8) is 0 Å². The summed E-state index contributed by atoms with van der Waals surface area (Å²) in [4.78, 5) is 29.5. The lowest BCUT2D eigenvalue weighted by Gasteiger charge is -2.34. The molecule has 2 aromatic rings. The Morgan fingerprint density at radius 3 is 2.42 bits per heavy atom. The number of hydrogen-bond acceptors (Lipinski definition) is 5. The van der Waals surface area contributed by atoms with Crippen LogP contribution in [-0.4, -0.2) is 76.6 Å². The molecule has 8 nitrogen and oxygen atoms in total. The van der Waals surface area contributed by atoms with E-state index in [0.29, 0.717) is 50.0 Å². The number of benzene rings is 1. The summed E-state index contributed by atoms with van der Waals surface area (Å²) in [6, 6.07) is 7.46. The molecule has 2 aliphatic heterocycles. The van der Waals surface area contributed by atoms with E-state index in [9.17, 15) is 9.59 Å². The molecule has 0 saturated carbocycles. The summed E-state index contributed by atoms with van der Waals surface area (Å²) >= 11 is 6.24. The van der Waals surface area contributed by atoms with Crippen LogP contribution in [0.5, 0.6) is 0 Å². The average molecular weight is 475 g/mol. The second-order valence-corrected chi connectivity index (χ2v) is 9.92. The molecule has 2 aliphatic rings. The standard InChI is InChI=1S/C24H31ClN4O4/c1-24(2,3)33-23(31)28-9-7-17(8-10-28)21-20(22(30)27-11-13-32-14-12-27)16-26-29(21)19-6-4-5-18(25)15-19/h4-6,15-17H,7-14H2,1-3H3. The maximum absolute atomic E-state index is 13.4. The van der Waals surface area contributed by atoms with Gasteiger partial charge >= 0.3 is 6.09 Å². The minimum Gasteiger partial charge on any atom is -0.444 e. The van der Waals surface area contributed by atoms with Crippen LogP contribution in [0.2, 0.25) is 5.02 Å². The van der Waals surface area contributed by atoms with Gasteiger partial charge in [-0.3, -0.25) is 4.79 Å². The van der Waals surface area contributed by atoms with Gasteiger partial charge in [0.25, 0.3) is 5.91 Å². The van der Waals surface area contributed by atoms with E-state index in [1.165, 1.54) is 0 Å². The zero-order chi connectivity index (χ0) is 23.6. The lowest BCUT2D eigenvalue weighted by molar-refractivity contribution is 0.0201. The summed E-state index contributed by atoms with van der Waals surface area (Å²) in [5.74, 6) is 0.0429. The van der Waals surface area contributed by atoms with Crippen LogP contribution in [0.25, 0.3) is 5.69 Å². The quantitative estimate of drug-likeness (QED) is 0.669. The molecule has 4 rings (SSSR count). The first-order valence-corrected chi connectivity index (χ1v) is 11.8. The highest BCUT2D eigenvalue weighted by atomic mass is 35.5. The summed E-state index contributed by atoms with van der Waals surface area (Å²) < 4.78 is 12.8. The van der Waals surface area contributed by atoms with E-state index in [2.05, 4.69) is 5.10 Å². The number of carbonyl (C=O) groups excluding carboxylic acids is 2. The van der Waals surface area contributed by atoms with Gasteiger partial charge in [0.15, 0.2) is 0 Å². The number of likely N-dealkylation sites (tertiary alicyclic amines) is 1. The number of hydrogen-bond donors (Lipinski definition) is 0. The molecule has 0 N–H and O–H groups in total. The van der Waals surface area contributed by atoms with Gasteiger partial charge in [0.05, 0.1) is 36.4 Å². The molecule has 2 fully saturated rings. The first-order chi connectivity index (χ1) is 15.7. The van der Waals surface area contributed by atoms with Crippen LogP contribution in [-0.2, 0) is 9.47 Å². The Morgan fingerprint density at radius 2 is 1.79 bits per heavy atom. The van der Waals surface area contributed by atoms with Crippen molar-refractivity contribution in [1.82, 2.24) is 19.6 Å². The Labute approximate surface area is 199 Å². The van der Waals surface area contributed by atoms with E-state index in [1.807, 2.05) is 54.6 Å². The molecule has 2 saturated heterocycles. The number of ether oxygens (including phenoxy) is 2. The Morgan fingerprint density at radius 1 is 1.09 bits per heavy atom. The van der Waals surface area contributed by atoms with E-state index in [4.69, 9.17) is 21.1 Å². The second kappa shape index (κ2) is 9.73. The molecule has 0 atom stereocenters. The average Bonchev–Trinajstić information content (AvgIpc) is 3.23. The van der Waals surface area contributed by atoms with Gasteiger partial charge in [-0.15, -0.1) is 0 Å². The van der Waals surface area contributed by atoms with E-state index in [-0.39, 0.29) is 17.9 Å². The van der Waals surface area contributed by atoms with Crippen molar-refractivity contribution in [3.8, 4) is 5.69 Å². The number of halogens is 1. The first kappa shape index (κ1) is 23.6. The second-order valence-electron chi connectivity index (χ2n) is 9.48. The Hall–Kier alpha value is -2.58. The van der Waals surface area contributed by atoms with Gasteiger partial charge in [0.2, 0.25) is 0 Å². The van der Waals surface area contributed by atoms with Gasteiger partial charge in [-0.05, 0) is 51.8 Å². The minimum absolute atomic E-state index is 0.0313. The summed E-state index contributed by atoms with van der Waals surface area (Å²) in [5, 5.41) is 5.20. The van der Waals surface area contributed by atoms with Gasteiger partial charge in [-0.1, -0.05) is 17.7 Å². The molecule has 2 amide bonds. The molecule has 1 aromatic carbocycles. The molecule has 1 aromatic heterocycles. The Bertz CT molecular complexity index is 1000. The minimum atomic E-state index is -0.531. The third kappa shape index (κ3) is 5.50. The lowest BCUT2D eigenvalue weighted by Crippen LogP contribution is -2.42. The fraction of sp³-hybridized carbons (Fsp3) is 0.542. The van der Waals surface area contributed by atoms with Gasteiger partial charge in [-0.2, -0.15) is 5.10 Å². The molecule has 33 heavy (non-hydrogen) atoms. The summed E-state index contributed by atoms with van der Waals surface area (Å²) in [6.45, 7) is 8.93. The van der Waals surface area contributed by atoms with Crippen LogP contribution in [0.1, 0.15) is 55.6 Å². The first-order valence-electron chi connectivity index (χ1n) is 11.4. The molecule has 0 spiro atoms. The van der Waals surface area contributed by atoms with Gasteiger partial charge in [-0.25, -0.2) is 9.48 Å². The molecule has 0 bridgehead atoms. The number of rotatable bonds is 3.